The van der Waals surface area contributed by atoms with Crippen LogP contribution in [0, 0.1) is 46.3 Å². The third-order valence-electron chi connectivity index (χ3n) is 11.5. The molecule has 12 atom stereocenters. The van der Waals surface area contributed by atoms with Crippen molar-refractivity contribution in [3.63, 3.8) is 0 Å². The zero-order valence-electron chi connectivity index (χ0n) is 26.7. The minimum absolute atomic E-state index is 0.0311. The molecule has 0 radical (unpaired) electrons. The molecule has 0 aromatic carbocycles. The fourth-order valence-electron chi connectivity index (χ4n) is 9.56. The number of rotatable bonds is 8. The predicted molar refractivity (Wildman–Crippen MR) is 158 cm³/mol. The van der Waals surface area contributed by atoms with E-state index in [1.807, 2.05) is 6.08 Å². The van der Waals surface area contributed by atoms with E-state index in [4.69, 9.17) is 14.2 Å². The van der Waals surface area contributed by atoms with Crippen molar-refractivity contribution in [2.24, 2.45) is 46.3 Å². The van der Waals surface area contributed by atoms with Gasteiger partial charge in [-0.3, -0.25) is 14.4 Å². The smallest absolute Gasteiger partial charge is 0.303 e. The lowest BCUT2D eigenvalue weighted by atomic mass is 9.45. The average molecular weight is 589 g/mol. The van der Waals surface area contributed by atoms with Gasteiger partial charge in [-0.25, -0.2) is 0 Å². The second kappa shape index (κ2) is 12.1. The Kier molecular flexibility index (Phi) is 9.40. The third-order valence-corrected chi connectivity index (χ3v) is 11.5. The van der Waals surface area contributed by atoms with Gasteiger partial charge in [-0.05, 0) is 79.1 Å². The van der Waals surface area contributed by atoms with Gasteiger partial charge in [0.05, 0.1) is 12.2 Å². The lowest BCUT2D eigenvalue weighted by Crippen LogP contribution is -2.64. The number of carbonyl (C=O) groups is 3. The van der Waals surface area contributed by atoms with Crippen molar-refractivity contribution in [3.05, 3.63) is 23.8 Å². The van der Waals surface area contributed by atoms with Gasteiger partial charge in [0.2, 0.25) is 0 Å². The summed E-state index contributed by atoms with van der Waals surface area (Å²) in [6, 6.07) is 0. The first-order valence-electron chi connectivity index (χ1n) is 15.8. The Balaban J connectivity index is 1.74. The lowest BCUT2D eigenvalue weighted by molar-refractivity contribution is -0.210. The molecule has 0 heterocycles. The number of ether oxygens (including phenoxy) is 3. The first kappa shape index (κ1) is 32.7. The standard InChI is InChI=1S/C34H52O8/c1-17(2)18(3)14-26(38)19(4)24-10-11-25-23-15-29(41-21(6)36)31-32(42-22(7)37)28(40-20(5)35)12-13-33(31,8)30(23)27(39)16-34(24,25)9/h15,17,19,24-32,38-39H,3,10-14,16H2,1-2,4-9H3/t19-,24+,25-,26+,27+,28-,29-,30+,31-,32-,33+,34+/m0/s1. The quantitative estimate of drug-likeness (QED) is 0.227. The number of esters is 3. The molecular weight excluding hydrogens is 536 g/mol. The molecule has 42 heavy (non-hydrogen) atoms. The fourth-order valence-corrected chi connectivity index (χ4v) is 9.56. The highest BCUT2D eigenvalue weighted by Crippen LogP contribution is 2.67. The van der Waals surface area contributed by atoms with Crippen LogP contribution in [0.4, 0.5) is 0 Å². The van der Waals surface area contributed by atoms with Gasteiger partial charge in [-0.15, -0.1) is 0 Å². The molecule has 4 aliphatic rings. The van der Waals surface area contributed by atoms with Crippen molar-refractivity contribution in [2.75, 3.05) is 0 Å². The second-order valence-corrected chi connectivity index (χ2v) is 14.5. The summed E-state index contributed by atoms with van der Waals surface area (Å²) in [7, 11) is 0. The first-order valence-corrected chi connectivity index (χ1v) is 15.8. The van der Waals surface area contributed by atoms with Gasteiger partial charge in [0.15, 0.2) is 0 Å². The highest BCUT2D eigenvalue weighted by atomic mass is 16.6. The molecule has 0 amide bonds. The molecule has 8 heteroatoms. The number of hydrogen-bond acceptors (Lipinski definition) is 8. The molecule has 0 saturated heterocycles. The van der Waals surface area contributed by atoms with E-state index in [2.05, 4.69) is 41.2 Å². The van der Waals surface area contributed by atoms with E-state index in [9.17, 15) is 24.6 Å². The maximum atomic E-state index is 12.4. The summed E-state index contributed by atoms with van der Waals surface area (Å²) in [6.07, 6.45) is 2.78. The maximum Gasteiger partial charge on any atom is 0.303 e. The highest BCUT2D eigenvalue weighted by Gasteiger charge is 2.66. The minimum Gasteiger partial charge on any atom is -0.459 e. The van der Waals surface area contributed by atoms with E-state index < -0.39 is 59.8 Å². The summed E-state index contributed by atoms with van der Waals surface area (Å²) in [5.41, 5.74) is 1.35. The number of aliphatic hydroxyl groups is 2. The fraction of sp³-hybridized carbons (Fsp3) is 0.794. The molecule has 0 aromatic heterocycles. The van der Waals surface area contributed by atoms with Gasteiger partial charge in [-0.1, -0.05) is 52.3 Å². The van der Waals surface area contributed by atoms with E-state index in [0.29, 0.717) is 31.6 Å². The summed E-state index contributed by atoms with van der Waals surface area (Å²) in [5, 5.41) is 23.3. The number of aliphatic hydroxyl groups excluding tert-OH is 2. The molecule has 0 aromatic rings. The van der Waals surface area contributed by atoms with Gasteiger partial charge in [-0.2, -0.15) is 0 Å². The van der Waals surface area contributed by atoms with Crippen molar-refractivity contribution in [1.29, 1.82) is 0 Å². The Hall–Kier alpha value is -2.19. The Morgan fingerprint density at radius 2 is 1.60 bits per heavy atom. The molecule has 0 unspecified atom stereocenters. The molecule has 3 fully saturated rings. The topological polar surface area (TPSA) is 119 Å². The normalized spacial score (nSPS) is 40.5. The average Bonchev–Trinajstić information content (AvgIpc) is 3.20. The van der Waals surface area contributed by atoms with Gasteiger partial charge in [0.25, 0.3) is 0 Å². The van der Waals surface area contributed by atoms with Crippen LogP contribution in [0.25, 0.3) is 0 Å². The van der Waals surface area contributed by atoms with Crippen LogP contribution in [0.1, 0.15) is 93.9 Å². The Morgan fingerprint density at radius 3 is 2.17 bits per heavy atom. The third kappa shape index (κ3) is 5.82. The Labute approximate surface area is 251 Å². The summed E-state index contributed by atoms with van der Waals surface area (Å²) in [5.74, 6) is -1.41. The van der Waals surface area contributed by atoms with Gasteiger partial charge in [0.1, 0.15) is 18.3 Å². The SMILES string of the molecule is C=C(C[C@@H](O)[C@@H](C)[C@H]1CC[C@H]2C3=C[C@H](OC(C)=O)[C@H]4[C@@H](OC(C)=O)[C@@H](OC(C)=O)CC[C@]4(C)[C@H]3[C@H](O)C[C@]12C)C(C)C. The number of fused-ring (bicyclic) bond motifs is 5. The van der Waals surface area contributed by atoms with Crippen LogP contribution >= 0.6 is 0 Å². The first-order chi connectivity index (χ1) is 19.5. The van der Waals surface area contributed by atoms with E-state index in [1.165, 1.54) is 20.8 Å². The van der Waals surface area contributed by atoms with Crippen LogP contribution in [0.15, 0.2) is 23.8 Å². The summed E-state index contributed by atoms with van der Waals surface area (Å²) >= 11 is 0. The lowest BCUT2D eigenvalue weighted by Gasteiger charge is -2.61. The number of carbonyl (C=O) groups excluding carboxylic acids is 3. The summed E-state index contributed by atoms with van der Waals surface area (Å²) in [6.45, 7) is 18.9. The zero-order chi connectivity index (χ0) is 31.3. The van der Waals surface area contributed by atoms with Crippen LogP contribution < -0.4 is 0 Å². The molecule has 8 nitrogen and oxygen atoms in total. The van der Waals surface area contributed by atoms with Crippen molar-refractivity contribution < 1.29 is 38.8 Å². The molecule has 4 aliphatic carbocycles. The highest BCUT2D eigenvalue weighted by molar-refractivity contribution is 5.68. The molecule has 236 valence electrons. The minimum atomic E-state index is -0.812. The van der Waals surface area contributed by atoms with Crippen LogP contribution in [-0.2, 0) is 28.6 Å². The van der Waals surface area contributed by atoms with E-state index >= 15 is 0 Å². The number of hydrogen-bond donors (Lipinski definition) is 2. The predicted octanol–water partition coefficient (Wildman–Crippen LogP) is 5.15. The van der Waals surface area contributed by atoms with Gasteiger partial charge in [0, 0.05) is 32.6 Å². The maximum absolute atomic E-state index is 12.4. The molecular formula is C34H52O8. The van der Waals surface area contributed by atoms with E-state index in [-0.39, 0.29) is 29.1 Å². The zero-order valence-corrected chi connectivity index (χ0v) is 26.7. The summed E-state index contributed by atoms with van der Waals surface area (Å²) < 4.78 is 17.4. The molecule has 0 aliphatic heterocycles. The van der Waals surface area contributed by atoms with Crippen molar-refractivity contribution in [3.8, 4) is 0 Å². The van der Waals surface area contributed by atoms with Crippen LogP contribution in [-0.4, -0.2) is 58.6 Å². The molecule has 0 spiro atoms. The summed E-state index contributed by atoms with van der Waals surface area (Å²) in [4.78, 5) is 36.7. The van der Waals surface area contributed by atoms with Crippen molar-refractivity contribution in [1.82, 2.24) is 0 Å². The molecule has 0 bridgehead atoms. The van der Waals surface area contributed by atoms with Crippen LogP contribution in [0.2, 0.25) is 0 Å². The van der Waals surface area contributed by atoms with E-state index in [1.54, 1.807) is 0 Å². The largest absolute Gasteiger partial charge is 0.459 e. The van der Waals surface area contributed by atoms with E-state index in [0.717, 1.165) is 24.0 Å². The van der Waals surface area contributed by atoms with Crippen molar-refractivity contribution >= 4 is 17.9 Å². The molecule has 4 rings (SSSR count). The van der Waals surface area contributed by atoms with Gasteiger partial charge < -0.3 is 24.4 Å². The van der Waals surface area contributed by atoms with Crippen LogP contribution in [0.5, 0.6) is 0 Å². The van der Waals surface area contributed by atoms with Crippen LogP contribution in [0.3, 0.4) is 0 Å². The monoisotopic (exact) mass is 588 g/mol. The Bertz CT molecular complexity index is 1110. The van der Waals surface area contributed by atoms with Crippen molar-refractivity contribution in [2.45, 2.75) is 124 Å². The van der Waals surface area contributed by atoms with Gasteiger partial charge >= 0.3 is 17.9 Å². The molecule has 3 saturated carbocycles. The second-order valence-electron chi connectivity index (χ2n) is 14.5. The molecule has 2 N–H and O–H groups in total. The Morgan fingerprint density at radius 1 is 0.976 bits per heavy atom.